The highest BCUT2D eigenvalue weighted by molar-refractivity contribution is 6.12. The van der Waals surface area contributed by atoms with Crippen molar-refractivity contribution < 1.29 is 19.1 Å². The Balaban J connectivity index is 1.31. The molecule has 1 aliphatic heterocycles. The number of ether oxygens (including phenoxy) is 2. The van der Waals surface area contributed by atoms with Gasteiger partial charge in [0.15, 0.2) is 23.9 Å². The number of hydrogen-bond donors (Lipinski definition) is 2. The van der Waals surface area contributed by atoms with E-state index in [1.807, 2.05) is 54.6 Å². The molecule has 0 saturated carbocycles. The molecule has 4 aromatic carbocycles. The fourth-order valence-electron chi connectivity index (χ4n) is 5.50. The van der Waals surface area contributed by atoms with Crippen molar-refractivity contribution in [2.75, 3.05) is 24.4 Å². The Hall–Kier alpha value is -4.58. The number of nitrogens with one attached hydrogen (secondary N) is 2. The summed E-state index contributed by atoms with van der Waals surface area (Å²) in [6.45, 7) is -0.152. The van der Waals surface area contributed by atoms with Crippen LogP contribution in [0.1, 0.15) is 36.4 Å². The van der Waals surface area contributed by atoms with Crippen LogP contribution >= 0.6 is 0 Å². The molecule has 0 saturated heterocycles. The monoisotopic (exact) mass is 504 g/mol. The van der Waals surface area contributed by atoms with Gasteiger partial charge in [-0.1, -0.05) is 54.6 Å². The van der Waals surface area contributed by atoms with Gasteiger partial charge in [-0.2, -0.15) is 0 Å². The topological polar surface area (TPSA) is 76.7 Å². The molecule has 6 heteroatoms. The summed E-state index contributed by atoms with van der Waals surface area (Å²) >= 11 is 0. The molecular weight excluding hydrogens is 476 g/mol. The van der Waals surface area contributed by atoms with Gasteiger partial charge in [-0.3, -0.25) is 9.59 Å². The van der Waals surface area contributed by atoms with Crippen LogP contribution in [0.4, 0.5) is 11.4 Å². The van der Waals surface area contributed by atoms with Gasteiger partial charge >= 0.3 is 0 Å². The lowest BCUT2D eigenvalue weighted by Gasteiger charge is -2.35. The number of hydrogen-bond acceptors (Lipinski definition) is 5. The molecule has 6 nitrogen and oxygen atoms in total. The summed E-state index contributed by atoms with van der Waals surface area (Å²) in [5, 5.41) is 8.78. The number of benzene rings is 4. The Morgan fingerprint density at radius 3 is 2.61 bits per heavy atom. The number of allylic oxidation sites excluding steroid dienone is 1. The van der Waals surface area contributed by atoms with Crippen molar-refractivity contribution in [2.45, 2.75) is 25.3 Å². The second-order valence-electron chi connectivity index (χ2n) is 9.57. The van der Waals surface area contributed by atoms with E-state index < -0.39 is 0 Å². The lowest BCUT2D eigenvalue weighted by atomic mass is 9.77. The van der Waals surface area contributed by atoms with Crippen LogP contribution in [0.2, 0.25) is 0 Å². The maximum Gasteiger partial charge on any atom is 0.262 e. The zero-order valence-electron chi connectivity index (χ0n) is 21.1. The van der Waals surface area contributed by atoms with E-state index >= 15 is 0 Å². The number of anilines is 2. The molecule has 1 unspecified atom stereocenters. The molecule has 1 amide bonds. The fraction of sp³-hybridized carbons (Fsp3) is 0.188. The van der Waals surface area contributed by atoms with E-state index in [9.17, 15) is 9.59 Å². The number of methoxy groups -OCH3 is 1. The van der Waals surface area contributed by atoms with Gasteiger partial charge in [0.1, 0.15) is 0 Å². The van der Waals surface area contributed by atoms with Crippen molar-refractivity contribution in [3.05, 3.63) is 102 Å². The second-order valence-corrected chi connectivity index (χ2v) is 9.57. The zero-order chi connectivity index (χ0) is 26.1. The molecule has 1 aliphatic carbocycles. The average molecular weight is 505 g/mol. The lowest BCUT2D eigenvalue weighted by Crippen LogP contribution is -2.27. The Kier molecular flexibility index (Phi) is 6.30. The molecule has 0 fully saturated rings. The summed E-state index contributed by atoms with van der Waals surface area (Å²) in [7, 11) is 1.57. The standard InChI is InChI=1S/C32H28N2O4/c1-37-28-18-21(15-17-27(28)38-19-29(36)33-22-9-3-2-4-10-22)32-31-24(12-7-13-26(31)35)30-23-11-6-5-8-20(23)14-16-25(30)34-32/h2-6,8-11,14-18,32,34H,7,12-13,19H2,1H3,(H,33,36). The molecule has 38 heavy (non-hydrogen) atoms. The Morgan fingerprint density at radius 2 is 1.76 bits per heavy atom. The molecule has 1 atom stereocenters. The quantitative estimate of drug-likeness (QED) is 0.312. The first-order chi connectivity index (χ1) is 18.6. The molecule has 6 rings (SSSR count). The van der Waals surface area contributed by atoms with Gasteiger partial charge in [0.2, 0.25) is 0 Å². The minimum atomic E-state index is -0.296. The predicted octanol–water partition coefficient (Wildman–Crippen LogP) is 6.54. The summed E-state index contributed by atoms with van der Waals surface area (Å²) in [6, 6.07) is 27.1. The van der Waals surface area contributed by atoms with E-state index in [1.165, 1.54) is 0 Å². The number of fused-ring (bicyclic) bond motifs is 4. The highest BCUT2D eigenvalue weighted by atomic mass is 16.5. The molecule has 0 radical (unpaired) electrons. The van der Waals surface area contributed by atoms with Crippen molar-refractivity contribution in [1.82, 2.24) is 0 Å². The summed E-state index contributed by atoms with van der Waals surface area (Å²) in [5.74, 6) is 0.888. The molecule has 2 aliphatic rings. The second kappa shape index (κ2) is 10.1. The normalized spacial score (nSPS) is 16.3. The molecule has 2 N–H and O–H groups in total. The van der Waals surface area contributed by atoms with Gasteiger partial charge < -0.3 is 20.1 Å². The molecular formula is C32H28N2O4. The third kappa shape index (κ3) is 4.39. The number of carbonyl (C=O) groups excluding carboxylic acids is 2. The minimum absolute atomic E-state index is 0.152. The highest BCUT2D eigenvalue weighted by Crippen LogP contribution is 2.48. The van der Waals surface area contributed by atoms with Gasteiger partial charge in [0, 0.05) is 28.9 Å². The van der Waals surface area contributed by atoms with Gasteiger partial charge in [0.05, 0.1) is 13.2 Å². The minimum Gasteiger partial charge on any atom is -0.493 e. The number of carbonyl (C=O) groups is 2. The lowest BCUT2D eigenvalue weighted by molar-refractivity contribution is -0.118. The van der Waals surface area contributed by atoms with Gasteiger partial charge in [-0.05, 0) is 65.1 Å². The maximum atomic E-state index is 13.3. The number of rotatable bonds is 6. The molecule has 0 spiro atoms. The van der Waals surface area contributed by atoms with E-state index in [1.54, 1.807) is 13.2 Å². The van der Waals surface area contributed by atoms with E-state index in [4.69, 9.17) is 9.47 Å². The smallest absolute Gasteiger partial charge is 0.262 e. The first-order valence-electron chi connectivity index (χ1n) is 12.8. The molecule has 4 aromatic rings. The van der Waals surface area contributed by atoms with Crippen LogP contribution < -0.4 is 20.1 Å². The average Bonchev–Trinajstić information content (AvgIpc) is 2.96. The summed E-state index contributed by atoms with van der Waals surface area (Å²) < 4.78 is 11.4. The number of Topliss-reactive ketones (excluding diaryl/α,β-unsaturated/α-hetero) is 1. The predicted molar refractivity (Wildman–Crippen MR) is 150 cm³/mol. The summed E-state index contributed by atoms with van der Waals surface area (Å²) in [5.41, 5.74) is 5.75. The largest absolute Gasteiger partial charge is 0.493 e. The van der Waals surface area contributed by atoms with Crippen molar-refractivity contribution in [1.29, 1.82) is 0 Å². The SMILES string of the molecule is COc1cc(C2Nc3ccc4ccccc4c3C3=C2C(=O)CCC3)ccc1OCC(=O)Nc1ccccc1. The van der Waals surface area contributed by atoms with Crippen LogP contribution in [0.15, 0.2) is 90.5 Å². The highest BCUT2D eigenvalue weighted by Gasteiger charge is 2.35. The number of ketones is 1. The van der Waals surface area contributed by atoms with Gasteiger partial charge in [0.25, 0.3) is 5.91 Å². The van der Waals surface area contributed by atoms with Crippen molar-refractivity contribution in [3.63, 3.8) is 0 Å². The number of amides is 1. The van der Waals surface area contributed by atoms with E-state index in [-0.39, 0.29) is 24.3 Å². The van der Waals surface area contributed by atoms with Crippen LogP contribution in [-0.4, -0.2) is 25.4 Å². The van der Waals surface area contributed by atoms with Crippen LogP contribution in [0, 0.1) is 0 Å². The molecule has 0 bridgehead atoms. The van der Waals surface area contributed by atoms with Gasteiger partial charge in [-0.15, -0.1) is 0 Å². The first kappa shape index (κ1) is 23.8. The maximum absolute atomic E-state index is 13.3. The van der Waals surface area contributed by atoms with Gasteiger partial charge in [-0.25, -0.2) is 0 Å². The molecule has 1 heterocycles. The Labute approximate surface area is 221 Å². The Bertz CT molecular complexity index is 1580. The van der Waals surface area contributed by atoms with E-state index in [0.29, 0.717) is 23.6 Å². The molecule has 0 aromatic heterocycles. The van der Waals surface area contributed by atoms with Crippen molar-refractivity contribution in [2.24, 2.45) is 0 Å². The fourth-order valence-corrected chi connectivity index (χ4v) is 5.50. The zero-order valence-corrected chi connectivity index (χ0v) is 21.1. The van der Waals surface area contributed by atoms with E-state index in [2.05, 4.69) is 34.9 Å². The van der Waals surface area contributed by atoms with Crippen molar-refractivity contribution in [3.8, 4) is 11.5 Å². The summed E-state index contributed by atoms with van der Waals surface area (Å²) in [4.78, 5) is 25.7. The van der Waals surface area contributed by atoms with Crippen LogP contribution in [0.25, 0.3) is 16.3 Å². The van der Waals surface area contributed by atoms with E-state index in [0.717, 1.165) is 51.6 Å². The third-order valence-electron chi connectivity index (χ3n) is 7.21. The van der Waals surface area contributed by atoms with Crippen LogP contribution in [0.3, 0.4) is 0 Å². The third-order valence-corrected chi connectivity index (χ3v) is 7.21. The number of para-hydroxylation sites is 1. The van der Waals surface area contributed by atoms with Crippen LogP contribution in [0.5, 0.6) is 11.5 Å². The van der Waals surface area contributed by atoms with Crippen molar-refractivity contribution >= 4 is 39.4 Å². The molecule has 190 valence electrons. The Morgan fingerprint density at radius 1 is 0.947 bits per heavy atom. The van der Waals surface area contributed by atoms with Crippen LogP contribution in [-0.2, 0) is 9.59 Å². The summed E-state index contributed by atoms with van der Waals surface area (Å²) in [6.07, 6.45) is 2.27. The first-order valence-corrected chi connectivity index (χ1v) is 12.8.